The van der Waals surface area contributed by atoms with Crippen LogP contribution in [0.4, 0.5) is 11.4 Å². The number of para-hydroxylation sites is 1. The van der Waals surface area contributed by atoms with Crippen LogP contribution in [0.1, 0.15) is 27.6 Å². The lowest BCUT2D eigenvalue weighted by molar-refractivity contribution is 0.0527. The van der Waals surface area contributed by atoms with E-state index < -0.39 is 22.1 Å². The molecule has 0 saturated heterocycles. The van der Waals surface area contributed by atoms with Gasteiger partial charge in [0.1, 0.15) is 0 Å². The zero-order chi connectivity index (χ0) is 20.9. The molecule has 0 aliphatic carbocycles. The number of nitrogens with zero attached hydrogens (tertiary/aromatic N) is 2. The molecule has 0 fully saturated rings. The van der Waals surface area contributed by atoms with Gasteiger partial charge in [-0.3, -0.25) is 9.10 Å². The Balaban J connectivity index is 2.20. The molecule has 0 aliphatic heterocycles. The van der Waals surface area contributed by atoms with Gasteiger partial charge in [-0.1, -0.05) is 12.1 Å². The summed E-state index contributed by atoms with van der Waals surface area (Å²) in [5.74, 6) is -0.953. The van der Waals surface area contributed by atoms with Crippen LogP contribution in [0.15, 0.2) is 48.5 Å². The molecule has 1 N–H and O–H groups in total. The molecule has 8 nitrogen and oxygen atoms in total. The average Bonchev–Trinajstić information content (AvgIpc) is 2.68. The standard InChI is InChI=1S/C19H23N3O5S/c1-5-27-19(24)16-8-6-7-9-17(16)20-18(23)14-10-12-15(13-11-14)22(4)28(25,26)21(2)3/h6-13H,5H2,1-4H3,(H,20,23). The van der Waals surface area contributed by atoms with Gasteiger partial charge < -0.3 is 10.1 Å². The number of hydrogen-bond acceptors (Lipinski definition) is 5. The highest BCUT2D eigenvalue weighted by Gasteiger charge is 2.21. The zero-order valence-electron chi connectivity index (χ0n) is 16.2. The Morgan fingerprint density at radius 1 is 1.00 bits per heavy atom. The lowest BCUT2D eigenvalue weighted by Gasteiger charge is -2.23. The van der Waals surface area contributed by atoms with Crippen LogP contribution in [0.5, 0.6) is 0 Å². The number of rotatable bonds is 7. The van der Waals surface area contributed by atoms with E-state index in [-0.39, 0.29) is 12.2 Å². The summed E-state index contributed by atoms with van der Waals surface area (Å²) in [7, 11) is 0.691. The number of anilines is 2. The molecule has 2 aromatic rings. The van der Waals surface area contributed by atoms with E-state index in [1.54, 1.807) is 31.2 Å². The van der Waals surface area contributed by atoms with Crippen LogP contribution in [-0.4, -0.2) is 52.3 Å². The number of carbonyl (C=O) groups is 2. The van der Waals surface area contributed by atoms with Crippen molar-refractivity contribution in [2.75, 3.05) is 37.4 Å². The summed E-state index contributed by atoms with van der Waals surface area (Å²) in [5, 5.41) is 2.68. The predicted octanol–water partition coefficient (Wildman–Crippen LogP) is 2.36. The molecule has 2 rings (SSSR count). The minimum atomic E-state index is -3.62. The van der Waals surface area contributed by atoms with E-state index in [1.165, 1.54) is 45.4 Å². The van der Waals surface area contributed by atoms with Crippen LogP contribution in [0, 0.1) is 0 Å². The van der Waals surface area contributed by atoms with Crippen molar-refractivity contribution in [3.8, 4) is 0 Å². The largest absolute Gasteiger partial charge is 0.462 e. The first-order chi connectivity index (χ1) is 13.2. The Morgan fingerprint density at radius 3 is 2.18 bits per heavy atom. The van der Waals surface area contributed by atoms with Gasteiger partial charge in [0.2, 0.25) is 0 Å². The molecule has 28 heavy (non-hydrogen) atoms. The summed E-state index contributed by atoms with van der Waals surface area (Å²) in [4.78, 5) is 24.5. The lowest BCUT2D eigenvalue weighted by Crippen LogP contribution is -2.37. The summed E-state index contributed by atoms with van der Waals surface area (Å²) < 4.78 is 31.6. The van der Waals surface area contributed by atoms with Gasteiger partial charge in [0.25, 0.3) is 5.91 Å². The third-order valence-electron chi connectivity index (χ3n) is 3.97. The normalized spacial score (nSPS) is 11.2. The van der Waals surface area contributed by atoms with E-state index >= 15 is 0 Å². The van der Waals surface area contributed by atoms with E-state index in [2.05, 4.69) is 5.32 Å². The third-order valence-corrected chi connectivity index (χ3v) is 5.80. The maximum Gasteiger partial charge on any atom is 0.340 e. The summed E-state index contributed by atoms with van der Waals surface area (Å²) in [6.45, 7) is 1.93. The van der Waals surface area contributed by atoms with Crippen LogP contribution in [0.2, 0.25) is 0 Å². The van der Waals surface area contributed by atoms with Crippen LogP contribution in [0.3, 0.4) is 0 Å². The minimum Gasteiger partial charge on any atom is -0.462 e. The van der Waals surface area contributed by atoms with Crippen molar-refractivity contribution in [1.29, 1.82) is 0 Å². The van der Waals surface area contributed by atoms with Gasteiger partial charge in [-0.15, -0.1) is 0 Å². The van der Waals surface area contributed by atoms with Crippen molar-refractivity contribution in [3.05, 3.63) is 59.7 Å². The fraction of sp³-hybridized carbons (Fsp3) is 0.263. The van der Waals surface area contributed by atoms with Crippen LogP contribution < -0.4 is 9.62 Å². The Bertz CT molecular complexity index is 956. The van der Waals surface area contributed by atoms with Gasteiger partial charge in [-0.2, -0.15) is 12.7 Å². The number of nitrogens with one attached hydrogen (secondary N) is 1. The smallest absolute Gasteiger partial charge is 0.340 e. The molecule has 0 bridgehead atoms. The summed E-state index contributed by atoms with van der Waals surface area (Å²) in [6, 6.07) is 12.6. The first-order valence-corrected chi connectivity index (χ1v) is 9.92. The monoisotopic (exact) mass is 405 g/mol. The van der Waals surface area contributed by atoms with Gasteiger partial charge in [0.15, 0.2) is 0 Å². The Morgan fingerprint density at radius 2 is 1.61 bits per heavy atom. The molecular formula is C19H23N3O5S. The van der Waals surface area contributed by atoms with Crippen molar-refractivity contribution in [2.45, 2.75) is 6.92 Å². The molecule has 0 aliphatic rings. The van der Waals surface area contributed by atoms with Gasteiger partial charge in [0.05, 0.1) is 23.5 Å². The summed E-state index contributed by atoms with van der Waals surface area (Å²) in [6.07, 6.45) is 0. The zero-order valence-corrected chi connectivity index (χ0v) is 17.0. The quantitative estimate of drug-likeness (QED) is 0.714. The van der Waals surface area contributed by atoms with Gasteiger partial charge in [0, 0.05) is 26.7 Å². The second-order valence-electron chi connectivity index (χ2n) is 6.02. The number of benzene rings is 2. The third kappa shape index (κ3) is 4.68. The lowest BCUT2D eigenvalue weighted by atomic mass is 10.1. The molecule has 0 heterocycles. The Labute approximate surface area is 164 Å². The molecule has 150 valence electrons. The highest BCUT2D eigenvalue weighted by molar-refractivity contribution is 7.90. The number of carbonyl (C=O) groups excluding carboxylic acids is 2. The highest BCUT2D eigenvalue weighted by atomic mass is 32.2. The SMILES string of the molecule is CCOC(=O)c1ccccc1NC(=O)c1ccc(N(C)S(=O)(=O)N(C)C)cc1. The molecule has 0 radical (unpaired) electrons. The molecule has 2 aromatic carbocycles. The van der Waals surface area contributed by atoms with Crippen LogP contribution in [-0.2, 0) is 14.9 Å². The number of ether oxygens (including phenoxy) is 1. The molecule has 0 aromatic heterocycles. The van der Waals surface area contributed by atoms with Crippen LogP contribution >= 0.6 is 0 Å². The number of hydrogen-bond donors (Lipinski definition) is 1. The van der Waals surface area contributed by atoms with Crippen molar-refractivity contribution >= 4 is 33.5 Å². The fourth-order valence-corrected chi connectivity index (χ4v) is 3.25. The molecule has 0 atom stereocenters. The minimum absolute atomic E-state index is 0.228. The van der Waals surface area contributed by atoms with E-state index in [1.807, 2.05) is 0 Å². The molecule has 0 unspecified atom stereocenters. The maximum atomic E-state index is 12.5. The maximum absolute atomic E-state index is 12.5. The first kappa shape index (κ1) is 21.4. The van der Waals surface area contributed by atoms with Gasteiger partial charge >= 0.3 is 16.2 Å². The van der Waals surface area contributed by atoms with Crippen molar-refractivity contribution in [1.82, 2.24) is 4.31 Å². The predicted molar refractivity (Wildman–Crippen MR) is 108 cm³/mol. The fourth-order valence-electron chi connectivity index (χ4n) is 2.37. The van der Waals surface area contributed by atoms with Crippen LogP contribution in [0.25, 0.3) is 0 Å². The molecular weight excluding hydrogens is 382 g/mol. The van der Waals surface area contributed by atoms with Gasteiger partial charge in [-0.05, 0) is 43.3 Å². The van der Waals surface area contributed by atoms with Crippen molar-refractivity contribution < 1.29 is 22.7 Å². The first-order valence-electron chi connectivity index (χ1n) is 8.52. The second-order valence-corrected chi connectivity index (χ2v) is 8.20. The van der Waals surface area contributed by atoms with Gasteiger partial charge in [-0.25, -0.2) is 4.79 Å². The molecule has 0 saturated carbocycles. The van der Waals surface area contributed by atoms with E-state index in [0.717, 1.165) is 8.61 Å². The Hall–Kier alpha value is -2.91. The Kier molecular flexibility index (Phi) is 6.76. The van der Waals surface area contributed by atoms with E-state index in [9.17, 15) is 18.0 Å². The second kappa shape index (κ2) is 8.85. The average molecular weight is 405 g/mol. The topological polar surface area (TPSA) is 96.0 Å². The van der Waals surface area contributed by atoms with Crippen molar-refractivity contribution in [3.63, 3.8) is 0 Å². The molecule has 1 amide bonds. The molecule has 9 heteroatoms. The van der Waals surface area contributed by atoms with Crippen molar-refractivity contribution in [2.24, 2.45) is 0 Å². The summed E-state index contributed by atoms with van der Waals surface area (Å²) >= 11 is 0. The number of esters is 1. The molecule has 0 spiro atoms. The summed E-state index contributed by atoms with van der Waals surface area (Å²) in [5.41, 5.74) is 1.32. The van der Waals surface area contributed by atoms with E-state index in [0.29, 0.717) is 16.9 Å². The highest BCUT2D eigenvalue weighted by Crippen LogP contribution is 2.20. The van der Waals surface area contributed by atoms with E-state index in [4.69, 9.17) is 4.74 Å². The number of amides is 1.